The van der Waals surface area contributed by atoms with Gasteiger partial charge in [-0.25, -0.2) is 0 Å². The smallest absolute Gasteiger partial charge is 0.290 e. The number of phenolic OH excluding ortho intramolecular Hbond substituents is 1. The van der Waals surface area contributed by atoms with E-state index in [4.69, 9.17) is 4.74 Å². The van der Waals surface area contributed by atoms with Crippen molar-refractivity contribution < 1.29 is 24.5 Å². The van der Waals surface area contributed by atoms with E-state index in [9.17, 15) is 19.8 Å². The second kappa shape index (κ2) is 9.21. The Labute approximate surface area is 169 Å². The van der Waals surface area contributed by atoms with Gasteiger partial charge in [0.05, 0.1) is 11.6 Å². The first-order valence-electron chi connectivity index (χ1n) is 9.32. The number of hydrogen-bond donors (Lipinski definition) is 2. The third-order valence-corrected chi connectivity index (χ3v) is 4.75. The van der Waals surface area contributed by atoms with Gasteiger partial charge in [0.2, 0.25) is 0 Å². The molecule has 1 amide bonds. The summed E-state index contributed by atoms with van der Waals surface area (Å²) in [5, 5.41) is 20.1. The van der Waals surface area contributed by atoms with Crippen LogP contribution in [0.1, 0.15) is 23.6 Å². The lowest BCUT2D eigenvalue weighted by Crippen LogP contribution is -2.32. The van der Waals surface area contributed by atoms with Crippen molar-refractivity contribution in [2.24, 2.45) is 0 Å². The van der Waals surface area contributed by atoms with Gasteiger partial charge in [-0.15, -0.1) is 0 Å². The van der Waals surface area contributed by atoms with E-state index in [1.165, 1.54) is 23.1 Å². The fourth-order valence-electron chi connectivity index (χ4n) is 3.34. The van der Waals surface area contributed by atoms with Gasteiger partial charge in [0.15, 0.2) is 11.5 Å². The molecule has 2 aromatic rings. The van der Waals surface area contributed by atoms with Crippen LogP contribution in [0.5, 0.6) is 5.75 Å². The van der Waals surface area contributed by atoms with Gasteiger partial charge in [0, 0.05) is 20.3 Å². The molecule has 0 saturated heterocycles. The minimum Gasteiger partial charge on any atom is -0.508 e. The number of rotatable bonds is 8. The van der Waals surface area contributed by atoms with Gasteiger partial charge in [-0.1, -0.05) is 48.5 Å². The van der Waals surface area contributed by atoms with Crippen LogP contribution in [-0.4, -0.2) is 47.1 Å². The molecule has 0 bridgehead atoms. The van der Waals surface area contributed by atoms with E-state index in [-0.39, 0.29) is 11.3 Å². The Kier molecular flexibility index (Phi) is 6.46. The van der Waals surface area contributed by atoms with E-state index >= 15 is 0 Å². The van der Waals surface area contributed by atoms with E-state index < -0.39 is 23.5 Å². The predicted octanol–water partition coefficient (Wildman–Crippen LogP) is 3.41. The zero-order chi connectivity index (χ0) is 20.8. The van der Waals surface area contributed by atoms with Gasteiger partial charge in [-0.2, -0.15) is 0 Å². The fraction of sp³-hybridized carbons (Fsp3) is 0.217. The van der Waals surface area contributed by atoms with Crippen LogP contribution >= 0.6 is 0 Å². The summed E-state index contributed by atoms with van der Waals surface area (Å²) < 4.78 is 5.06. The van der Waals surface area contributed by atoms with Crippen molar-refractivity contribution in [3.05, 3.63) is 83.1 Å². The molecule has 1 aliphatic rings. The maximum absolute atomic E-state index is 12.9. The van der Waals surface area contributed by atoms with Crippen LogP contribution in [0.2, 0.25) is 0 Å². The zero-order valence-electron chi connectivity index (χ0n) is 16.1. The third kappa shape index (κ3) is 4.55. The van der Waals surface area contributed by atoms with Gasteiger partial charge in [0.25, 0.3) is 5.91 Å². The number of ether oxygens (including phenoxy) is 1. The molecule has 0 fully saturated rings. The third-order valence-electron chi connectivity index (χ3n) is 4.75. The van der Waals surface area contributed by atoms with E-state index in [1.807, 2.05) is 30.3 Å². The summed E-state index contributed by atoms with van der Waals surface area (Å²) in [6, 6.07) is 14.8. The van der Waals surface area contributed by atoms with Crippen molar-refractivity contribution in [1.82, 2.24) is 4.90 Å². The lowest BCUT2D eigenvalue weighted by Gasteiger charge is -2.26. The maximum Gasteiger partial charge on any atom is 0.290 e. The number of nitrogens with zero attached hydrogens (tertiary/aromatic N) is 1. The average molecular weight is 393 g/mol. The molecule has 1 unspecified atom stereocenters. The van der Waals surface area contributed by atoms with Gasteiger partial charge < -0.3 is 19.8 Å². The van der Waals surface area contributed by atoms with Crippen LogP contribution in [0, 0.1) is 0 Å². The molecular formula is C23H23NO5. The van der Waals surface area contributed by atoms with Gasteiger partial charge in [-0.3, -0.25) is 9.59 Å². The first-order valence-corrected chi connectivity index (χ1v) is 9.32. The number of carbonyl (C=O) groups excluding carboxylic acids is 2. The maximum atomic E-state index is 12.9. The summed E-state index contributed by atoms with van der Waals surface area (Å²) in [4.78, 5) is 27.1. The number of phenols is 1. The Morgan fingerprint density at radius 3 is 2.45 bits per heavy atom. The number of carbonyl (C=O) groups is 2. The van der Waals surface area contributed by atoms with Crippen LogP contribution in [-0.2, 0) is 14.3 Å². The molecule has 0 radical (unpaired) electrons. The summed E-state index contributed by atoms with van der Waals surface area (Å²) in [6.45, 7) is 0.769. The van der Waals surface area contributed by atoms with E-state index in [0.717, 1.165) is 5.56 Å². The second-order valence-corrected chi connectivity index (χ2v) is 6.71. The molecule has 1 atom stereocenters. The van der Waals surface area contributed by atoms with Crippen molar-refractivity contribution in [2.45, 2.75) is 12.5 Å². The Balaban J connectivity index is 1.94. The number of aliphatic hydroxyl groups is 1. The molecule has 2 N–H and O–H groups in total. The molecule has 6 nitrogen and oxygen atoms in total. The molecule has 0 aromatic heterocycles. The number of benzene rings is 2. The molecule has 0 aliphatic carbocycles. The molecule has 1 aliphatic heterocycles. The van der Waals surface area contributed by atoms with Crippen molar-refractivity contribution in [3.63, 3.8) is 0 Å². The molecule has 0 saturated carbocycles. The molecule has 29 heavy (non-hydrogen) atoms. The molecule has 2 aromatic carbocycles. The van der Waals surface area contributed by atoms with E-state index in [0.29, 0.717) is 25.1 Å². The summed E-state index contributed by atoms with van der Waals surface area (Å²) in [5.41, 5.74) is 1.50. The Hall–Kier alpha value is -3.38. The zero-order valence-corrected chi connectivity index (χ0v) is 16.1. The highest BCUT2D eigenvalue weighted by atomic mass is 16.5. The number of ketones is 1. The van der Waals surface area contributed by atoms with Gasteiger partial charge in [0.1, 0.15) is 5.75 Å². The highest BCUT2D eigenvalue weighted by molar-refractivity contribution is 6.14. The number of aliphatic hydroxyl groups excluding tert-OH is 1. The van der Waals surface area contributed by atoms with Crippen LogP contribution < -0.4 is 0 Å². The average Bonchev–Trinajstić information content (AvgIpc) is 2.98. The molecular weight excluding hydrogens is 370 g/mol. The Morgan fingerprint density at radius 2 is 1.79 bits per heavy atom. The Morgan fingerprint density at radius 1 is 1.10 bits per heavy atom. The Bertz CT molecular complexity index is 932. The first-order chi connectivity index (χ1) is 14.0. The number of aromatic hydroxyl groups is 1. The van der Waals surface area contributed by atoms with E-state index in [1.54, 1.807) is 25.3 Å². The summed E-state index contributed by atoms with van der Waals surface area (Å²) >= 11 is 0. The number of amides is 1. The van der Waals surface area contributed by atoms with Crippen LogP contribution in [0.3, 0.4) is 0 Å². The monoisotopic (exact) mass is 393 g/mol. The number of allylic oxidation sites excluding steroid dienone is 1. The second-order valence-electron chi connectivity index (χ2n) is 6.71. The lowest BCUT2D eigenvalue weighted by molar-refractivity contribution is -0.129. The van der Waals surface area contributed by atoms with Crippen molar-refractivity contribution in [1.29, 1.82) is 0 Å². The SMILES string of the molecule is COCCCN1C(=O)C(O)=C(C(=O)/C=C/c2ccccc2)C1c1ccc(O)cc1. The molecule has 0 spiro atoms. The van der Waals surface area contributed by atoms with E-state index in [2.05, 4.69) is 0 Å². The quantitative estimate of drug-likeness (QED) is 0.530. The molecule has 150 valence electrons. The lowest BCUT2D eigenvalue weighted by atomic mass is 9.95. The predicted molar refractivity (Wildman–Crippen MR) is 109 cm³/mol. The minimum absolute atomic E-state index is 0.0327. The summed E-state index contributed by atoms with van der Waals surface area (Å²) in [5.74, 6) is -1.49. The standard InChI is InChI=1S/C23H23NO5/c1-29-15-5-14-24-21(17-9-11-18(25)12-10-17)20(22(27)23(24)28)19(26)13-8-16-6-3-2-4-7-16/h2-4,6-13,21,25,27H,5,14-15H2,1H3/b13-8+. The van der Waals surface area contributed by atoms with Crippen molar-refractivity contribution in [2.75, 3.05) is 20.3 Å². The van der Waals surface area contributed by atoms with Crippen molar-refractivity contribution >= 4 is 17.8 Å². The number of hydrogen-bond acceptors (Lipinski definition) is 5. The summed E-state index contributed by atoms with van der Waals surface area (Å²) in [6.07, 6.45) is 3.57. The first kappa shape index (κ1) is 20.4. The highest BCUT2D eigenvalue weighted by Crippen LogP contribution is 2.38. The normalized spacial score (nSPS) is 16.8. The largest absolute Gasteiger partial charge is 0.508 e. The summed E-state index contributed by atoms with van der Waals surface area (Å²) in [7, 11) is 1.57. The van der Waals surface area contributed by atoms with Gasteiger partial charge >= 0.3 is 0 Å². The van der Waals surface area contributed by atoms with Crippen molar-refractivity contribution in [3.8, 4) is 5.75 Å². The van der Waals surface area contributed by atoms with Gasteiger partial charge in [-0.05, 0) is 35.8 Å². The van der Waals surface area contributed by atoms with Crippen LogP contribution in [0.25, 0.3) is 6.08 Å². The minimum atomic E-state index is -0.729. The topological polar surface area (TPSA) is 87.1 Å². The highest BCUT2D eigenvalue weighted by Gasteiger charge is 2.42. The fourth-order valence-corrected chi connectivity index (χ4v) is 3.34. The van der Waals surface area contributed by atoms with Crippen LogP contribution in [0.4, 0.5) is 0 Å². The molecule has 1 heterocycles. The molecule has 6 heteroatoms. The molecule has 3 rings (SSSR count). The van der Waals surface area contributed by atoms with Crippen LogP contribution in [0.15, 0.2) is 72.0 Å². The number of methoxy groups -OCH3 is 1.